The fraction of sp³-hybridized carbons (Fsp3) is 0.600. The molecule has 0 aromatic carbocycles. The summed E-state index contributed by atoms with van der Waals surface area (Å²) >= 11 is 0. The van der Waals surface area contributed by atoms with Crippen molar-refractivity contribution in [3.63, 3.8) is 0 Å². The fourth-order valence-corrected chi connectivity index (χ4v) is 1.47. The molecule has 0 aromatic heterocycles. The van der Waals surface area contributed by atoms with Crippen LogP contribution < -0.4 is 0 Å². The summed E-state index contributed by atoms with van der Waals surface area (Å²) in [6.07, 6.45) is 2.02. The Balaban J connectivity index is 3.85. The second kappa shape index (κ2) is 5.05. The molecular formula is C10H18OSi. The smallest absolute Gasteiger partial charge is 0.243 e. The first-order valence-electron chi connectivity index (χ1n) is 4.32. The van der Waals surface area contributed by atoms with E-state index in [0.29, 0.717) is 5.76 Å². The van der Waals surface area contributed by atoms with Crippen LogP contribution in [0.25, 0.3) is 0 Å². The largest absolute Gasteiger partial charge is 0.539 e. The summed E-state index contributed by atoms with van der Waals surface area (Å²) in [7, 11) is -1.48. The van der Waals surface area contributed by atoms with Crippen LogP contribution in [0.3, 0.4) is 0 Å². The molecule has 0 aliphatic rings. The molecule has 0 aromatic rings. The van der Waals surface area contributed by atoms with Gasteiger partial charge in [-0.3, -0.25) is 0 Å². The van der Waals surface area contributed by atoms with Crippen molar-refractivity contribution in [2.24, 2.45) is 0 Å². The van der Waals surface area contributed by atoms with Crippen LogP contribution in [0.2, 0.25) is 19.6 Å². The molecule has 2 heteroatoms. The van der Waals surface area contributed by atoms with Crippen LogP contribution in [-0.2, 0) is 4.43 Å². The standard InChI is InChI=1S/C10H18OSi/c1-6-7-8-9-10(2)11-12(3,4)5/h2,6-7H2,1,3-5H3. The summed E-state index contributed by atoms with van der Waals surface area (Å²) in [5.41, 5.74) is 0. The summed E-state index contributed by atoms with van der Waals surface area (Å²) in [5.74, 6) is 6.54. The third-order valence-electron chi connectivity index (χ3n) is 1.03. The number of hydrogen-bond donors (Lipinski definition) is 0. The van der Waals surface area contributed by atoms with Gasteiger partial charge in [0.25, 0.3) is 0 Å². The van der Waals surface area contributed by atoms with Gasteiger partial charge in [-0.2, -0.15) is 0 Å². The van der Waals surface area contributed by atoms with Gasteiger partial charge in [-0.05, 0) is 38.6 Å². The van der Waals surface area contributed by atoms with E-state index in [-0.39, 0.29) is 0 Å². The Kier molecular flexibility index (Phi) is 4.76. The molecule has 0 bridgehead atoms. The Hall–Kier alpha value is -0.683. The Morgan fingerprint density at radius 3 is 2.42 bits per heavy atom. The lowest BCUT2D eigenvalue weighted by Gasteiger charge is -2.17. The number of allylic oxidation sites excluding steroid dienone is 1. The van der Waals surface area contributed by atoms with Crippen molar-refractivity contribution in [3.05, 3.63) is 12.3 Å². The van der Waals surface area contributed by atoms with E-state index in [0.717, 1.165) is 12.8 Å². The van der Waals surface area contributed by atoms with Gasteiger partial charge in [0.1, 0.15) is 5.76 Å². The first-order chi connectivity index (χ1) is 5.45. The molecule has 0 amide bonds. The van der Waals surface area contributed by atoms with Gasteiger partial charge in [-0.15, -0.1) is 0 Å². The minimum Gasteiger partial charge on any atom is -0.539 e. The number of hydrogen-bond acceptors (Lipinski definition) is 1. The lowest BCUT2D eigenvalue weighted by atomic mass is 10.3. The normalized spacial score (nSPS) is 10.0. The minimum atomic E-state index is -1.48. The molecule has 0 saturated carbocycles. The summed E-state index contributed by atoms with van der Waals surface area (Å²) in [5, 5.41) is 0. The van der Waals surface area contributed by atoms with E-state index >= 15 is 0 Å². The highest BCUT2D eigenvalue weighted by Crippen LogP contribution is 2.07. The molecule has 0 saturated heterocycles. The molecule has 0 spiro atoms. The predicted octanol–water partition coefficient (Wildman–Crippen LogP) is 3.16. The molecule has 0 unspecified atom stereocenters. The van der Waals surface area contributed by atoms with Crippen molar-refractivity contribution in [1.29, 1.82) is 0 Å². The topological polar surface area (TPSA) is 9.23 Å². The number of rotatable bonds is 3. The molecular weight excluding hydrogens is 164 g/mol. The highest BCUT2D eigenvalue weighted by molar-refractivity contribution is 6.70. The third kappa shape index (κ3) is 7.42. The van der Waals surface area contributed by atoms with Crippen LogP contribution in [0.5, 0.6) is 0 Å². The molecule has 0 atom stereocenters. The minimum absolute atomic E-state index is 0.627. The lowest BCUT2D eigenvalue weighted by Crippen LogP contribution is -2.24. The van der Waals surface area contributed by atoms with Crippen LogP contribution in [0.1, 0.15) is 19.8 Å². The second-order valence-corrected chi connectivity index (χ2v) is 8.12. The summed E-state index contributed by atoms with van der Waals surface area (Å²) in [6, 6.07) is 0. The van der Waals surface area contributed by atoms with Crippen LogP contribution in [0.4, 0.5) is 0 Å². The highest BCUT2D eigenvalue weighted by Gasteiger charge is 2.15. The summed E-state index contributed by atoms with van der Waals surface area (Å²) < 4.78 is 5.56. The maximum Gasteiger partial charge on any atom is 0.243 e. The van der Waals surface area contributed by atoms with Gasteiger partial charge < -0.3 is 4.43 Å². The molecule has 12 heavy (non-hydrogen) atoms. The van der Waals surface area contributed by atoms with E-state index in [1.807, 2.05) is 0 Å². The van der Waals surface area contributed by atoms with Gasteiger partial charge >= 0.3 is 0 Å². The highest BCUT2D eigenvalue weighted by atomic mass is 28.4. The van der Waals surface area contributed by atoms with Crippen molar-refractivity contribution in [1.82, 2.24) is 0 Å². The van der Waals surface area contributed by atoms with Crippen molar-refractivity contribution in [2.75, 3.05) is 0 Å². The lowest BCUT2D eigenvalue weighted by molar-refractivity contribution is 0.449. The quantitative estimate of drug-likeness (QED) is 0.370. The average molecular weight is 182 g/mol. The second-order valence-electron chi connectivity index (χ2n) is 3.69. The van der Waals surface area contributed by atoms with Gasteiger partial charge in [-0.25, -0.2) is 0 Å². The van der Waals surface area contributed by atoms with E-state index < -0.39 is 8.32 Å². The average Bonchev–Trinajstić information content (AvgIpc) is 1.84. The molecule has 0 rings (SSSR count). The first-order valence-corrected chi connectivity index (χ1v) is 7.73. The van der Waals surface area contributed by atoms with Gasteiger partial charge in [0.05, 0.1) is 0 Å². The zero-order chi connectivity index (χ0) is 9.61. The molecule has 0 radical (unpaired) electrons. The predicted molar refractivity (Wildman–Crippen MR) is 56.3 cm³/mol. The molecule has 0 aliphatic heterocycles. The zero-order valence-corrected chi connectivity index (χ0v) is 9.53. The van der Waals surface area contributed by atoms with Crippen LogP contribution in [-0.4, -0.2) is 8.32 Å². The Bertz CT molecular complexity index is 202. The van der Waals surface area contributed by atoms with E-state index in [2.05, 4.69) is 45.0 Å². The monoisotopic (exact) mass is 182 g/mol. The molecule has 68 valence electrons. The van der Waals surface area contributed by atoms with Gasteiger partial charge in [0, 0.05) is 6.42 Å². The molecule has 0 heterocycles. The van der Waals surface area contributed by atoms with Gasteiger partial charge in [0.2, 0.25) is 8.32 Å². The van der Waals surface area contributed by atoms with E-state index in [1.165, 1.54) is 0 Å². The van der Waals surface area contributed by atoms with E-state index in [1.54, 1.807) is 0 Å². The van der Waals surface area contributed by atoms with E-state index in [9.17, 15) is 0 Å². The Morgan fingerprint density at radius 1 is 1.42 bits per heavy atom. The molecule has 0 aliphatic carbocycles. The molecule has 1 nitrogen and oxygen atoms in total. The number of unbranched alkanes of at least 4 members (excludes halogenated alkanes) is 1. The SMILES string of the molecule is C=C(C#CCCC)O[Si](C)(C)C. The van der Waals surface area contributed by atoms with Crippen molar-refractivity contribution in [3.8, 4) is 11.8 Å². The summed E-state index contributed by atoms with van der Waals surface area (Å²) in [4.78, 5) is 0. The summed E-state index contributed by atoms with van der Waals surface area (Å²) in [6.45, 7) is 12.2. The Morgan fingerprint density at radius 2 is 2.00 bits per heavy atom. The van der Waals surface area contributed by atoms with Crippen molar-refractivity contribution >= 4 is 8.32 Å². The first kappa shape index (κ1) is 11.3. The van der Waals surface area contributed by atoms with Crippen LogP contribution in [0, 0.1) is 11.8 Å². The van der Waals surface area contributed by atoms with Gasteiger partial charge in [0.15, 0.2) is 0 Å². The molecule has 0 fully saturated rings. The van der Waals surface area contributed by atoms with Crippen molar-refractivity contribution in [2.45, 2.75) is 39.4 Å². The molecule has 0 N–H and O–H groups in total. The fourth-order valence-electron chi connectivity index (χ4n) is 0.681. The van der Waals surface area contributed by atoms with Gasteiger partial charge in [-0.1, -0.05) is 12.8 Å². The van der Waals surface area contributed by atoms with Crippen LogP contribution in [0.15, 0.2) is 12.3 Å². The van der Waals surface area contributed by atoms with E-state index in [4.69, 9.17) is 4.43 Å². The zero-order valence-electron chi connectivity index (χ0n) is 8.53. The maximum atomic E-state index is 5.56. The Labute approximate surface area is 77.0 Å². The van der Waals surface area contributed by atoms with Crippen molar-refractivity contribution < 1.29 is 4.43 Å². The van der Waals surface area contributed by atoms with Crippen LogP contribution >= 0.6 is 0 Å². The maximum absolute atomic E-state index is 5.56. The third-order valence-corrected chi connectivity index (χ3v) is 1.89.